The highest BCUT2D eigenvalue weighted by Gasteiger charge is 2.15. The summed E-state index contributed by atoms with van der Waals surface area (Å²) < 4.78 is 6.98. The Morgan fingerprint density at radius 3 is 2.50 bits per heavy atom. The Morgan fingerprint density at radius 2 is 1.80 bits per heavy atom. The van der Waals surface area contributed by atoms with Crippen LogP contribution in [0.4, 0.5) is 0 Å². The number of ether oxygens (including phenoxy) is 1. The van der Waals surface area contributed by atoms with Gasteiger partial charge in [0, 0.05) is 35.1 Å². The number of fused-ring (bicyclic) bond motifs is 1. The van der Waals surface area contributed by atoms with Gasteiger partial charge in [0.05, 0.1) is 19.2 Å². The number of rotatable bonds is 6. The fraction of sp³-hybridized carbons (Fsp3) is 0.208. The third-order valence-corrected chi connectivity index (χ3v) is 5.22. The minimum Gasteiger partial charge on any atom is -0.497 e. The second-order valence-electron chi connectivity index (χ2n) is 7.23. The zero-order valence-corrected chi connectivity index (χ0v) is 17.3. The molecule has 152 valence electrons. The smallest absolute Gasteiger partial charge is 0.224 e. The summed E-state index contributed by atoms with van der Waals surface area (Å²) in [4.78, 5) is 17.3. The van der Waals surface area contributed by atoms with Crippen molar-refractivity contribution in [2.75, 3.05) is 7.11 Å². The van der Waals surface area contributed by atoms with E-state index in [9.17, 15) is 4.79 Å². The maximum absolute atomic E-state index is 12.6. The van der Waals surface area contributed by atoms with E-state index in [2.05, 4.69) is 10.3 Å². The number of methoxy groups -OCH3 is 1. The van der Waals surface area contributed by atoms with Gasteiger partial charge in [-0.2, -0.15) is 5.10 Å². The molecule has 30 heavy (non-hydrogen) atoms. The van der Waals surface area contributed by atoms with E-state index in [-0.39, 0.29) is 12.3 Å². The van der Waals surface area contributed by atoms with Crippen molar-refractivity contribution < 1.29 is 9.53 Å². The highest BCUT2D eigenvalue weighted by Crippen LogP contribution is 2.22. The molecule has 0 radical (unpaired) electrons. The average molecular weight is 400 g/mol. The lowest BCUT2D eigenvalue weighted by Gasteiger charge is -2.11. The molecule has 0 aliphatic heterocycles. The van der Waals surface area contributed by atoms with Gasteiger partial charge >= 0.3 is 0 Å². The molecule has 4 aromatic rings. The van der Waals surface area contributed by atoms with Crippen LogP contribution in [0, 0.1) is 13.8 Å². The first-order valence-electron chi connectivity index (χ1n) is 9.86. The average Bonchev–Trinajstić information content (AvgIpc) is 3.20. The van der Waals surface area contributed by atoms with Crippen molar-refractivity contribution in [2.24, 2.45) is 0 Å². The number of amides is 1. The third-order valence-electron chi connectivity index (χ3n) is 5.22. The van der Waals surface area contributed by atoms with Crippen molar-refractivity contribution in [1.82, 2.24) is 19.9 Å². The van der Waals surface area contributed by atoms with Gasteiger partial charge < -0.3 is 10.1 Å². The third kappa shape index (κ3) is 4.03. The summed E-state index contributed by atoms with van der Waals surface area (Å²) >= 11 is 0. The molecule has 2 aromatic carbocycles. The highest BCUT2D eigenvalue weighted by atomic mass is 16.5. The summed E-state index contributed by atoms with van der Waals surface area (Å²) in [6, 6.07) is 19.6. The largest absolute Gasteiger partial charge is 0.497 e. The molecule has 0 aliphatic carbocycles. The monoisotopic (exact) mass is 400 g/mol. The number of hydrogen-bond donors (Lipinski definition) is 1. The van der Waals surface area contributed by atoms with Gasteiger partial charge in [-0.3, -0.25) is 4.79 Å². The van der Waals surface area contributed by atoms with Crippen LogP contribution in [0.3, 0.4) is 0 Å². The molecule has 6 heteroatoms. The topological polar surface area (TPSA) is 68.5 Å². The van der Waals surface area contributed by atoms with Crippen LogP contribution in [0.2, 0.25) is 0 Å². The van der Waals surface area contributed by atoms with Crippen molar-refractivity contribution >= 4 is 11.6 Å². The van der Waals surface area contributed by atoms with Gasteiger partial charge in [0.15, 0.2) is 5.65 Å². The van der Waals surface area contributed by atoms with E-state index in [0.29, 0.717) is 6.54 Å². The van der Waals surface area contributed by atoms with Gasteiger partial charge in [0.2, 0.25) is 5.91 Å². The van der Waals surface area contributed by atoms with E-state index >= 15 is 0 Å². The quantitative estimate of drug-likeness (QED) is 0.533. The molecular formula is C24H24N4O2. The van der Waals surface area contributed by atoms with Gasteiger partial charge in [-0.1, -0.05) is 42.5 Å². The zero-order chi connectivity index (χ0) is 21.1. The lowest BCUT2D eigenvalue weighted by Crippen LogP contribution is -2.25. The summed E-state index contributed by atoms with van der Waals surface area (Å²) in [5.74, 6) is 0.749. The second kappa shape index (κ2) is 8.37. The fourth-order valence-corrected chi connectivity index (χ4v) is 3.50. The van der Waals surface area contributed by atoms with E-state index in [4.69, 9.17) is 9.84 Å². The molecule has 0 saturated heterocycles. The first-order valence-corrected chi connectivity index (χ1v) is 9.86. The number of aromatic nitrogens is 3. The minimum absolute atomic E-state index is 0.0476. The Hall–Kier alpha value is -3.67. The molecule has 4 rings (SSSR count). The molecule has 0 fully saturated rings. The maximum Gasteiger partial charge on any atom is 0.224 e. The Balaban J connectivity index is 1.52. The molecule has 0 atom stereocenters. The number of hydrogen-bond acceptors (Lipinski definition) is 4. The first-order chi connectivity index (χ1) is 14.5. The van der Waals surface area contributed by atoms with Crippen LogP contribution < -0.4 is 10.1 Å². The van der Waals surface area contributed by atoms with E-state index in [1.165, 1.54) is 0 Å². The van der Waals surface area contributed by atoms with Crippen molar-refractivity contribution in [1.29, 1.82) is 0 Å². The molecule has 1 N–H and O–H groups in total. The summed E-state index contributed by atoms with van der Waals surface area (Å²) in [5, 5.41) is 7.69. The molecule has 2 heterocycles. The number of nitrogens with zero attached hydrogens (tertiary/aromatic N) is 3. The Kier molecular flexibility index (Phi) is 5.48. The minimum atomic E-state index is -0.0476. The van der Waals surface area contributed by atoms with Crippen LogP contribution in [0.15, 0.2) is 60.7 Å². The van der Waals surface area contributed by atoms with Crippen molar-refractivity contribution in [3.05, 3.63) is 83.2 Å². The second-order valence-corrected chi connectivity index (χ2v) is 7.23. The maximum atomic E-state index is 12.6. The van der Waals surface area contributed by atoms with Crippen LogP contribution >= 0.6 is 0 Å². The first kappa shape index (κ1) is 19.6. The van der Waals surface area contributed by atoms with Crippen LogP contribution in [0.25, 0.3) is 16.9 Å². The molecular weight excluding hydrogens is 376 g/mol. The lowest BCUT2D eigenvalue weighted by atomic mass is 10.1. The zero-order valence-electron chi connectivity index (χ0n) is 17.3. The van der Waals surface area contributed by atoms with Crippen LogP contribution in [0.5, 0.6) is 5.75 Å². The van der Waals surface area contributed by atoms with E-state index in [1.807, 2.05) is 79.0 Å². The van der Waals surface area contributed by atoms with Gasteiger partial charge in [-0.15, -0.1) is 0 Å². The van der Waals surface area contributed by atoms with Crippen molar-refractivity contribution in [2.45, 2.75) is 26.8 Å². The summed E-state index contributed by atoms with van der Waals surface area (Å²) in [7, 11) is 1.63. The Labute approximate surface area is 175 Å². The van der Waals surface area contributed by atoms with Crippen LogP contribution in [0.1, 0.15) is 22.5 Å². The molecule has 0 aliphatic rings. The molecule has 0 unspecified atom stereocenters. The van der Waals surface area contributed by atoms with Crippen molar-refractivity contribution in [3.63, 3.8) is 0 Å². The molecule has 0 bridgehead atoms. The molecule has 0 saturated carbocycles. The predicted molar refractivity (Wildman–Crippen MR) is 116 cm³/mol. The Bertz CT molecular complexity index is 1180. The summed E-state index contributed by atoms with van der Waals surface area (Å²) in [5.41, 5.74) is 6.39. The Morgan fingerprint density at radius 1 is 1.07 bits per heavy atom. The van der Waals surface area contributed by atoms with E-state index in [1.54, 1.807) is 7.11 Å². The van der Waals surface area contributed by atoms with Gasteiger partial charge in [0.25, 0.3) is 0 Å². The lowest BCUT2D eigenvalue weighted by molar-refractivity contribution is -0.120. The number of carbonyl (C=O) groups is 1. The predicted octanol–water partition coefficient (Wildman–Crippen LogP) is 3.88. The van der Waals surface area contributed by atoms with E-state index < -0.39 is 0 Å². The van der Waals surface area contributed by atoms with Gasteiger partial charge in [0.1, 0.15) is 5.75 Å². The normalized spacial score (nSPS) is 10.9. The summed E-state index contributed by atoms with van der Waals surface area (Å²) in [6.07, 6.45) is 0.261. The van der Waals surface area contributed by atoms with Crippen molar-refractivity contribution in [3.8, 4) is 17.0 Å². The van der Waals surface area contributed by atoms with Gasteiger partial charge in [-0.25, -0.2) is 9.50 Å². The number of benzene rings is 2. The molecule has 6 nitrogen and oxygen atoms in total. The molecule has 0 spiro atoms. The number of aryl methyl sites for hydroxylation is 2. The van der Waals surface area contributed by atoms with Crippen LogP contribution in [-0.2, 0) is 17.8 Å². The summed E-state index contributed by atoms with van der Waals surface area (Å²) in [6.45, 7) is 4.39. The van der Waals surface area contributed by atoms with E-state index in [0.717, 1.165) is 45.2 Å². The number of carbonyl (C=O) groups excluding carboxylic acids is 1. The molecule has 1 amide bonds. The molecule has 2 aromatic heterocycles. The highest BCUT2D eigenvalue weighted by molar-refractivity contribution is 5.79. The number of nitrogens with one attached hydrogen (secondary N) is 1. The standard InChI is InChI=1S/C24H24N4O2/c1-16-21(13-24(29)25-15-18-9-11-20(30-3)12-10-18)17(2)28-23(26-16)14-22(27-28)19-7-5-4-6-8-19/h4-12,14H,13,15H2,1-3H3,(H,25,29). The van der Waals surface area contributed by atoms with Gasteiger partial charge in [-0.05, 0) is 31.5 Å². The van der Waals surface area contributed by atoms with Crippen LogP contribution in [-0.4, -0.2) is 27.6 Å². The fourth-order valence-electron chi connectivity index (χ4n) is 3.50. The SMILES string of the molecule is COc1ccc(CNC(=O)Cc2c(C)nc3cc(-c4ccccc4)nn3c2C)cc1.